The van der Waals surface area contributed by atoms with Crippen molar-refractivity contribution >= 4 is 26.9 Å². The molecule has 0 spiro atoms. The summed E-state index contributed by atoms with van der Waals surface area (Å²) >= 11 is 3.24. The number of benzene rings is 1. The van der Waals surface area contributed by atoms with Crippen LogP contribution >= 0.6 is 15.9 Å². The van der Waals surface area contributed by atoms with Gasteiger partial charge in [-0.05, 0) is 18.2 Å². The summed E-state index contributed by atoms with van der Waals surface area (Å²) in [5.41, 5.74) is 0.526. The fraction of sp³-hybridized carbons (Fsp3) is 0. The van der Waals surface area contributed by atoms with Crippen molar-refractivity contribution in [3.63, 3.8) is 0 Å². The molecule has 0 aliphatic rings. The summed E-state index contributed by atoms with van der Waals surface area (Å²) < 4.78 is 5.57. The molecule has 0 saturated heterocycles. The Morgan fingerprint density at radius 3 is 3.09 bits per heavy atom. The van der Waals surface area contributed by atoms with E-state index in [-0.39, 0.29) is 5.88 Å². The third-order valence-electron chi connectivity index (χ3n) is 1.40. The number of hydrogen-bond donors (Lipinski definition) is 0. The van der Waals surface area contributed by atoms with Crippen LogP contribution in [0.2, 0.25) is 0 Å². The second-order valence-corrected chi connectivity index (χ2v) is 3.04. The topological polar surface area (TPSA) is 49.1 Å². The van der Waals surface area contributed by atoms with Crippen LogP contribution in [0.5, 0.6) is 5.88 Å². The Morgan fingerprint density at radius 2 is 2.27 bits per heavy atom. The summed E-state index contributed by atoms with van der Waals surface area (Å²) in [5.74, 6) is -0.318. The van der Waals surface area contributed by atoms with Crippen molar-refractivity contribution in [2.45, 2.75) is 0 Å². The van der Waals surface area contributed by atoms with Crippen molar-refractivity contribution < 1.29 is 9.63 Å². The zero-order valence-corrected chi connectivity index (χ0v) is 6.96. The molecule has 0 saturated carbocycles. The zero-order valence-electron chi connectivity index (χ0n) is 5.37. The molecule has 1 aromatic carbocycles. The van der Waals surface area contributed by atoms with Gasteiger partial charge in [-0.3, -0.25) is 0 Å². The van der Waals surface area contributed by atoms with Crippen LogP contribution in [0.1, 0.15) is 0 Å². The van der Waals surface area contributed by atoms with Crippen LogP contribution in [0, 0.1) is 0 Å². The molecule has 1 heterocycles. The van der Waals surface area contributed by atoms with Crippen LogP contribution in [-0.2, 0) is 0 Å². The standard InChI is InChI=1S/C7H4BrNO2/c8-4-1-2-6-5(3-4)7(10)9-11-6/h1-3H,(H,9,10)/p-1. The number of rotatable bonds is 0. The van der Waals surface area contributed by atoms with Crippen molar-refractivity contribution in [3.05, 3.63) is 22.7 Å². The molecule has 4 heteroatoms. The minimum absolute atomic E-state index is 0.318. The van der Waals surface area contributed by atoms with Gasteiger partial charge in [0.25, 0.3) is 0 Å². The quantitative estimate of drug-likeness (QED) is 0.668. The first-order valence-corrected chi connectivity index (χ1v) is 3.78. The Balaban J connectivity index is 2.87. The molecule has 0 radical (unpaired) electrons. The average molecular weight is 213 g/mol. The lowest BCUT2D eigenvalue weighted by Gasteiger charge is -1.95. The molecule has 0 aliphatic heterocycles. The van der Waals surface area contributed by atoms with E-state index in [1.807, 2.05) is 0 Å². The van der Waals surface area contributed by atoms with E-state index in [1.54, 1.807) is 18.2 Å². The first kappa shape index (κ1) is 6.67. The Labute approximate surface area is 70.7 Å². The SMILES string of the molecule is [O-]c1noc2ccc(Br)cc12. The summed E-state index contributed by atoms with van der Waals surface area (Å²) in [5, 5.41) is 14.7. The van der Waals surface area contributed by atoms with Gasteiger partial charge in [0.05, 0.1) is 0 Å². The Kier molecular flexibility index (Phi) is 1.35. The van der Waals surface area contributed by atoms with Crippen LogP contribution in [0.3, 0.4) is 0 Å². The zero-order chi connectivity index (χ0) is 7.84. The van der Waals surface area contributed by atoms with Gasteiger partial charge in [0, 0.05) is 15.7 Å². The van der Waals surface area contributed by atoms with Crippen LogP contribution in [0.4, 0.5) is 0 Å². The highest BCUT2D eigenvalue weighted by atomic mass is 79.9. The molecule has 0 atom stereocenters. The van der Waals surface area contributed by atoms with E-state index in [1.165, 1.54) is 0 Å². The maximum atomic E-state index is 10.9. The van der Waals surface area contributed by atoms with E-state index in [9.17, 15) is 5.11 Å². The fourth-order valence-electron chi connectivity index (χ4n) is 0.889. The molecular formula is C7H3BrNO2-. The number of nitrogens with zero attached hydrogens (tertiary/aromatic N) is 1. The maximum Gasteiger partial charge on any atom is 0.166 e. The summed E-state index contributed by atoms with van der Waals surface area (Å²) in [6, 6.07) is 5.19. The van der Waals surface area contributed by atoms with Crippen molar-refractivity contribution in [2.24, 2.45) is 0 Å². The second-order valence-electron chi connectivity index (χ2n) is 2.13. The molecule has 2 rings (SSSR count). The molecule has 0 unspecified atom stereocenters. The highest BCUT2D eigenvalue weighted by molar-refractivity contribution is 9.10. The van der Waals surface area contributed by atoms with E-state index in [2.05, 4.69) is 21.1 Å². The molecule has 3 nitrogen and oxygen atoms in total. The Bertz CT molecular complexity index is 396. The lowest BCUT2D eigenvalue weighted by Crippen LogP contribution is -1.88. The fourth-order valence-corrected chi connectivity index (χ4v) is 1.25. The molecule has 1 aromatic heterocycles. The lowest BCUT2D eigenvalue weighted by molar-refractivity contribution is -0.274. The molecule has 56 valence electrons. The van der Waals surface area contributed by atoms with Crippen molar-refractivity contribution in [1.29, 1.82) is 0 Å². The number of hydrogen-bond acceptors (Lipinski definition) is 3. The van der Waals surface area contributed by atoms with Crippen LogP contribution < -0.4 is 5.11 Å². The van der Waals surface area contributed by atoms with Gasteiger partial charge in [0.1, 0.15) is 0 Å². The Hall–Kier alpha value is -1.03. The second kappa shape index (κ2) is 2.23. The normalized spacial score (nSPS) is 10.6. The van der Waals surface area contributed by atoms with Gasteiger partial charge in [0.15, 0.2) is 5.58 Å². The minimum Gasteiger partial charge on any atom is -0.856 e. The van der Waals surface area contributed by atoms with Gasteiger partial charge in [-0.25, -0.2) is 0 Å². The molecule has 11 heavy (non-hydrogen) atoms. The van der Waals surface area contributed by atoms with E-state index in [0.29, 0.717) is 11.0 Å². The van der Waals surface area contributed by atoms with Crippen LogP contribution in [0.25, 0.3) is 11.0 Å². The first-order chi connectivity index (χ1) is 5.27. The minimum atomic E-state index is -0.318. The van der Waals surface area contributed by atoms with Crippen LogP contribution in [-0.4, -0.2) is 5.16 Å². The van der Waals surface area contributed by atoms with E-state index >= 15 is 0 Å². The smallest absolute Gasteiger partial charge is 0.166 e. The molecule has 0 amide bonds. The first-order valence-electron chi connectivity index (χ1n) is 2.99. The number of fused-ring (bicyclic) bond motifs is 1. The molecule has 0 N–H and O–H groups in total. The summed E-state index contributed by atoms with van der Waals surface area (Å²) in [7, 11) is 0. The van der Waals surface area contributed by atoms with E-state index in [0.717, 1.165) is 4.47 Å². The van der Waals surface area contributed by atoms with Gasteiger partial charge in [-0.15, -0.1) is 0 Å². The monoisotopic (exact) mass is 212 g/mol. The van der Waals surface area contributed by atoms with Gasteiger partial charge in [0.2, 0.25) is 0 Å². The highest BCUT2D eigenvalue weighted by Gasteiger charge is 1.99. The van der Waals surface area contributed by atoms with Crippen molar-refractivity contribution in [3.8, 4) is 5.88 Å². The Morgan fingerprint density at radius 1 is 1.45 bits per heavy atom. The lowest BCUT2D eigenvalue weighted by atomic mass is 10.3. The average Bonchev–Trinajstić information content (AvgIpc) is 2.33. The van der Waals surface area contributed by atoms with Gasteiger partial charge in [-0.2, -0.15) is 0 Å². The third-order valence-corrected chi connectivity index (χ3v) is 1.89. The van der Waals surface area contributed by atoms with Gasteiger partial charge >= 0.3 is 0 Å². The third kappa shape index (κ3) is 0.991. The van der Waals surface area contributed by atoms with Gasteiger partial charge < -0.3 is 9.63 Å². The van der Waals surface area contributed by atoms with Gasteiger partial charge in [-0.1, -0.05) is 21.1 Å². The van der Waals surface area contributed by atoms with Crippen LogP contribution in [0.15, 0.2) is 27.2 Å². The summed E-state index contributed by atoms with van der Waals surface area (Å²) in [6.45, 7) is 0. The predicted octanol–water partition coefficient (Wildman–Crippen LogP) is 1.66. The summed E-state index contributed by atoms with van der Waals surface area (Å²) in [6.07, 6.45) is 0. The van der Waals surface area contributed by atoms with E-state index < -0.39 is 0 Å². The number of aromatic nitrogens is 1. The molecule has 0 aliphatic carbocycles. The van der Waals surface area contributed by atoms with E-state index in [4.69, 9.17) is 4.52 Å². The molecular weight excluding hydrogens is 210 g/mol. The van der Waals surface area contributed by atoms with Crippen molar-refractivity contribution in [1.82, 2.24) is 5.16 Å². The predicted molar refractivity (Wildman–Crippen MR) is 41.2 cm³/mol. The molecule has 0 bridgehead atoms. The number of halogens is 1. The maximum absolute atomic E-state index is 10.9. The largest absolute Gasteiger partial charge is 0.856 e. The molecule has 0 fully saturated rings. The highest BCUT2D eigenvalue weighted by Crippen LogP contribution is 2.24. The summed E-state index contributed by atoms with van der Waals surface area (Å²) in [4.78, 5) is 0. The molecule has 2 aromatic rings. The van der Waals surface area contributed by atoms with Crippen molar-refractivity contribution in [2.75, 3.05) is 0 Å².